The number of carbonyl (C=O) groups excluding carboxylic acids is 1. The predicted molar refractivity (Wildman–Crippen MR) is 75.3 cm³/mol. The summed E-state index contributed by atoms with van der Waals surface area (Å²) in [6.45, 7) is 1.53. The zero-order chi connectivity index (χ0) is 13.5. The largest absolute Gasteiger partial charge is 0.460 e. The van der Waals surface area contributed by atoms with E-state index in [0.717, 1.165) is 37.7 Å². The first-order chi connectivity index (χ1) is 9.29. The van der Waals surface area contributed by atoms with Crippen LogP contribution < -0.4 is 4.74 Å². The minimum absolute atomic E-state index is 0.114. The standard InChI is InChI=1S/C13H18BrN3O2/c14-6-1-3-12(18)17-9-4-11(5-10-17)19-13-15-7-2-8-16-13/h2,7-8,11H,1,3-6,9-10H2. The minimum atomic E-state index is 0.114. The number of halogens is 1. The molecule has 0 bridgehead atoms. The van der Waals surface area contributed by atoms with Crippen molar-refractivity contribution in [3.05, 3.63) is 18.5 Å². The molecule has 1 aliphatic rings. The highest BCUT2D eigenvalue weighted by atomic mass is 79.9. The molecule has 0 atom stereocenters. The van der Waals surface area contributed by atoms with E-state index < -0.39 is 0 Å². The SMILES string of the molecule is O=C(CCCBr)N1CCC(Oc2ncccn2)CC1. The van der Waals surface area contributed by atoms with Crippen molar-refractivity contribution in [1.82, 2.24) is 14.9 Å². The van der Waals surface area contributed by atoms with E-state index in [0.29, 0.717) is 12.4 Å². The summed E-state index contributed by atoms with van der Waals surface area (Å²) in [5, 5.41) is 0.879. The first-order valence-electron chi connectivity index (χ1n) is 6.57. The molecule has 0 spiro atoms. The summed E-state index contributed by atoms with van der Waals surface area (Å²) in [7, 11) is 0. The van der Waals surface area contributed by atoms with Crippen molar-refractivity contribution in [3.63, 3.8) is 0 Å². The molecule has 1 aromatic rings. The molecular formula is C13H18BrN3O2. The number of ether oxygens (including phenoxy) is 1. The summed E-state index contributed by atoms with van der Waals surface area (Å²) in [4.78, 5) is 21.9. The van der Waals surface area contributed by atoms with E-state index in [-0.39, 0.29) is 12.0 Å². The van der Waals surface area contributed by atoms with Gasteiger partial charge in [-0.25, -0.2) is 9.97 Å². The van der Waals surface area contributed by atoms with E-state index in [2.05, 4.69) is 25.9 Å². The normalized spacial score (nSPS) is 16.4. The van der Waals surface area contributed by atoms with Crippen LogP contribution in [0.1, 0.15) is 25.7 Å². The summed E-state index contributed by atoms with van der Waals surface area (Å²) in [6.07, 6.45) is 6.66. The third kappa shape index (κ3) is 4.45. The molecule has 1 amide bonds. The lowest BCUT2D eigenvalue weighted by molar-refractivity contribution is -0.133. The van der Waals surface area contributed by atoms with Crippen LogP contribution in [0.15, 0.2) is 18.5 Å². The molecule has 0 unspecified atom stereocenters. The van der Waals surface area contributed by atoms with Gasteiger partial charge in [-0.15, -0.1) is 0 Å². The number of nitrogens with zero attached hydrogens (tertiary/aromatic N) is 3. The van der Waals surface area contributed by atoms with Gasteiger partial charge in [-0.2, -0.15) is 0 Å². The van der Waals surface area contributed by atoms with Crippen molar-refractivity contribution >= 4 is 21.8 Å². The van der Waals surface area contributed by atoms with E-state index in [1.54, 1.807) is 18.5 Å². The highest BCUT2D eigenvalue weighted by Crippen LogP contribution is 2.16. The Morgan fingerprint density at radius 2 is 2.05 bits per heavy atom. The zero-order valence-electron chi connectivity index (χ0n) is 10.8. The molecule has 0 saturated carbocycles. The van der Waals surface area contributed by atoms with Gasteiger partial charge in [0, 0.05) is 50.1 Å². The maximum absolute atomic E-state index is 11.9. The number of hydrogen-bond acceptors (Lipinski definition) is 4. The Bertz CT molecular complexity index is 394. The van der Waals surface area contributed by atoms with Gasteiger partial charge in [0.25, 0.3) is 0 Å². The molecule has 2 rings (SSSR count). The first kappa shape index (κ1) is 14.2. The number of amides is 1. The van der Waals surface area contributed by atoms with Gasteiger partial charge in [0.15, 0.2) is 0 Å². The van der Waals surface area contributed by atoms with Crippen molar-refractivity contribution in [3.8, 4) is 6.01 Å². The summed E-state index contributed by atoms with van der Waals surface area (Å²) >= 11 is 3.34. The summed E-state index contributed by atoms with van der Waals surface area (Å²) < 4.78 is 5.70. The lowest BCUT2D eigenvalue weighted by Gasteiger charge is -2.31. The molecular weight excluding hydrogens is 310 g/mol. The van der Waals surface area contributed by atoms with Gasteiger partial charge in [0.2, 0.25) is 5.91 Å². The first-order valence-corrected chi connectivity index (χ1v) is 7.69. The van der Waals surface area contributed by atoms with Crippen LogP contribution in [-0.4, -0.2) is 45.3 Å². The van der Waals surface area contributed by atoms with Crippen LogP contribution in [0.3, 0.4) is 0 Å². The van der Waals surface area contributed by atoms with Crippen molar-refractivity contribution in [1.29, 1.82) is 0 Å². The van der Waals surface area contributed by atoms with E-state index in [9.17, 15) is 4.79 Å². The second-order valence-corrected chi connectivity index (χ2v) is 5.31. The molecule has 6 heteroatoms. The van der Waals surface area contributed by atoms with E-state index in [1.807, 2.05) is 4.90 Å². The minimum Gasteiger partial charge on any atom is -0.460 e. The van der Waals surface area contributed by atoms with E-state index in [1.165, 1.54) is 0 Å². The third-order valence-corrected chi connectivity index (χ3v) is 3.69. The number of aromatic nitrogens is 2. The molecule has 19 heavy (non-hydrogen) atoms. The topological polar surface area (TPSA) is 55.3 Å². The van der Waals surface area contributed by atoms with Crippen LogP contribution in [0.25, 0.3) is 0 Å². The number of likely N-dealkylation sites (tertiary alicyclic amines) is 1. The van der Waals surface area contributed by atoms with Gasteiger partial charge < -0.3 is 9.64 Å². The Kier molecular flexibility index (Phi) is 5.57. The Morgan fingerprint density at radius 3 is 2.68 bits per heavy atom. The lowest BCUT2D eigenvalue weighted by atomic mass is 10.1. The van der Waals surface area contributed by atoms with Crippen LogP contribution in [0, 0.1) is 0 Å². The molecule has 0 aromatic carbocycles. The molecule has 1 aliphatic heterocycles. The van der Waals surface area contributed by atoms with Crippen LogP contribution in [-0.2, 0) is 4.79 Å². The van der Waals surface area contributed by atoms with Crippen LogP contribution >= 0.6 is 15.9 Å². The van der Waals surface area contributed by atoms with Gasteiger partial charge in [0.1, 0.15) is 6.10 Å². The van der Waals surface area contributed by atoms with Gasteiger partial charge in [0.05, 0.1) is 0 Å². The highest BCUT2D eigenvalue weighted by molar-refractivity contribution is 9.09. The maximum Gasteiger partial charge on any atom is 0.316 e. The second-order valence-electron chi connectivity index (χ2n) is 4.52. The van der Waals surface area contributed by atoms with E-state index >= 15 is 0 Å². The fraction of sp³-hybridized carbons (Fsp3) is 0.615. The van der Waals surface area contributed by atoms with Crippen molar-refractivity contribution in [2.45, 2.75) is 31.8 Å². The zero-order valence-corrected chi connectivity index (χ0v) is 12.4. The summed E-state index contributed by atoms with van der Waals surface area (Å²) in [6, 6.07) is 2.18. The highest BCUT2D eigenvalue weighted by Gasteiger charge is 2.23. The van der Waals surface area contributed by atoms with Gasteiger partial charge in [-0.05, 0) is 12.5 Å². The molecule has 0 radical (unpaired) electrons. The molecule has 104 valence electrons. The molecule has 5 nitrogen and oxygen atoms in total. The molecule has 0 N–H and O–H groups in total. The average molecular weight is 328 g/mol. The molecule has 1 fully saturated rings. The monoisotopic (exact) mass is 327 g/mol. The number of rotatable bonds is 5. The Morgan fingerprint density at radius 1 is 1.37 bits per heavy atom. The fourth-order valence-electron chi connectivity index (χ4n) is 2.09. The van der Waals surface area contributed by atoms with Gasteiger partial charge >= 0.3 is 6.01 Å². The predicted octanol–water partition coefficient (Wildman–Crippen LogP) is 2.02. The summed E-state index contributed by atoms with van der Waals surface area (Å²) in [5.41, 5.74) is 0. The maximum atomic E-state index is 11.9. The van der Waals surface area contributed by atoms with Crippen LogP contribution in [0.5, 0.6) is 6.01 Å². The molecule has 1 saturated heterocycles. The second kappa shape index (κ2) is 7.43. The molecule has 2 heterocycles. The van der Waals surface area contributed by atoms with Gasteiger partial charge in [-0.1, -0.05) is 15.9 Å². The lowest BCUT2D eigenvalue weighted by Crippen LogP contribution is -2.41. The Balaban J connectivity index is 1.75. The van der Waals surface area contributed by atoms with Crippen LogP contribution in [0.2, 0.25) is 0 Å². The Labute approximate surface area is 121 Å². The molecule has 1 aromatic heterocycles. The van der Waals surface area contributed by atoms with Crippen molar-refractivity contribution in [2.75, 3.05) is 18.4 Å². The number of carbonyl (C=O) groups is 1. The number of hydrogen-bond donors (Lipinski definition) is 0. The average Bonchev–Trinajstić information content (AvgIpc) is 2.46. The van der Waals surface area contributed by atoms with Gasteiger partial charge in [-0.3, -0.25) is 4.79 Å². The fourth-order valence-corrected chi connectivity index (χ4v) is 2.37. The number of piperidine rings is 1. The number of alkyl halides is 1. The van der Waals surface area contributed by atoms with Crippen molar-refractivity contribution < 1.29 is 9.53 Å². The quantitative estimate of drug-likeness (QED) is 0.776. The van der Waals surface area contributed by atoms with Crippen molar-refractivity contribution in [2.24, 2.45) is 0 Å². The molecule has 0 aliphatic carbocycles. The Hall–Kier alpha value is -1.17. The smallest absolute Gasteiger partial charge is 0.316 e. The van der Waals surface area contributed by atoms with E-state index in [4.69, 9.17) is 4.74 Å². The summed E-state index contributed by atoms with van der Waals surface area (Å²) in [5.74, 6) is 0.244. The third-order valence-electron chi connectivity index (χ3n) is 3.13. The van der Waals surface area contributed by atoms with Crippen LogP contribution in [0.4, 0.5) is 0 Å².